The second-order valence-corrected chi connectivity index (χ2v) is 5.45. The molecule has 3 rings (SSSR count). The summed E-state index contributed by atoms with van der Waals surface area (Å²) in [7, 11) is -10.3. The summed E-state index contributed by atoms with van der Waals surface area (Å²) in [4.78, 5) is 3.69. The number of piperazine rings is 3. The predicted molar refractivity (Wildman–Crippen MR) is 81.3 cm³/mol. The largest absolute Gasteiger partial charge is 2.00 e. The zero-order valence-electron chi connectivity index (χ0n) is 13.5. The van der Waals surface area contributed by atoms with Gasteiger partial charge < -0.3 is 60.9 Å². The van der Waals surface area contributed by atoms with Crippen LogP contribution in [0.15, 0.2) is 0 Å². The van der Waals surface area contributed by atoms with Crippen molar-refractivity contribution >= 4 is 20.8 Å². The summed E-state index contributed by atoms with van der Waals surface area (Å²) < 4.78 is 68.2. The molecule has 0 spiro atoms. The molecule has 19 heteroatoms. The van der Waals surface area contributed by atoms with E-state index in [1.807, 2.05) is 9.80 Å². The van der Waals surface area contributed by atoms with E-state index in [1.165, 1.54) is 39.3 Å². The van der Waals surface area contributed by atoms with Gasteiger partial charge in [0.25, 0.3) is 0 Å². The number of quaternary nitrogens is 2. The fourth-order valence-corrected chi connectivity index (χ4v) is 1.81. The first kappa shape index (κ1) is 49.9. The summed E-state index contributed by atoms with van der Waals surface area (Å²) in [6, 6.07) is 0. The van der Waals surface area contributed by atoms with Crippen molar-refractivity contribution in [1.29, 1.82) is 0 Å². The number of fused-ring (bicyclic) bond motifs is 3. The second kappa shape index (κ2) is 22.4. The SMILES string of the molecule is C1C[NH+]2CC[NH+]1CC2.O=S(=O)([O-])[O-].O=S(=O)([O-])[O-].[Cd+2].[OH3+].[OH3+].[OH3+].[OH3+].[OH3+].[OH3+]. The molecule has 0 aromatic heterocycles. The van der Waals surface area contributed by atoms with Crippen LogP contribution in [-0.2, 0) is 81.0 Å². The molecular weight excluding hydrogens is 501 g/mol. The Morgan fingerprint density at radius 3 is 0.600 bits per heavy atom. The molecule has 0 aromatic rings. The van der Waals surface area contributed by atoms with Gasteiger partial charge in [0.1, 0.15) is 39.3 Å². The molecule has 3 aliphatic rings. The van der Waals surface area contributed by atoms with E-state index < -0.39 is 20.8 Å². The summed E-state index contributed by atoms with van der Waals surface area (Å²) in [5.74, 6) is 0. The first-order chi connectivity index (χ1) is 7.95. The molecule has 3 heterocycles. The summed E-state index contributed by atoms with van der Waals surface area (Å²) in [6.07, 6.45) is 0. The molecule has 0 atom stereocenters. The zero-order chi connectivity index (χ0) is 14.4. The van der Waals surface area contributed by atoms with Gasteiger partial charge in [-0.25, -0.2) is 0 Å². The van der Waals surface area contributed by atoms with Gasteiger partial charge in [0, 0.05) is 20.8 Å². The summed E-state index contributed by atoms with van der Waals surface area (Å²) in [5, 5.41) is 0. The number of nitrogens with one attached hydrogen (secondary N) is 2. The quantitative estimate of drug-likeness (QED) is 0.130. The van der Waals surface area contributed by atoms with Crippen molar-refractivity contribution in [2.75, 3.05) is 39.3 Å². The van der Waals surface area contributed by atoms with E-state index in [4.69, 9.17) is 35.0 Å². The Morgan fingerprint density at radius 1 is 0.480 bits per heavy atom. The van der Waals surface area contributed by atoms with Crippen LogP contribution < -0.4 is 9.80 Å². The Balaban J connectivity index is -0.0000000263. The third-order valence-corrected chi connectivity index (χ3v) is 2.50. The molecule has 0 radical (unpaired) electrons. The van der Waals surface area contributed by atoms with E-state index in [-0.39, 0.29) is 60.2 Å². The average Bonchev–Trinajstić information content (AvgIpc) is 2.15. The summed E-state index contributed by atoms with van der Waals surface area (Å²) >= 11 is 0. The van der Waals surface area contributed by atoms with Gasteiger partial charge in [-0.2, -0.15) is 0 Å². The predicted octanol–water partition coefficient (Wildman–Crippen LogP) is -11.4. The van der Waals surface area contributed by atoms with Gasteiger partial charge in [0.05, 0.1) is 0 Å². The molecule has 3 aliphatic heterocycles. The molecule has 0 amide bonds. The molecule has 0 aromatic carbocycles. The van der Waals surface area contributed by atoms with Crippen LogP contribution in [0.4, 0.5) is 0 Å². The fraction of sp³-hybridized carbons (Fsp3) is 1.00. The molecule has 0 aliphatic carbocycles. The van der Waals surface area contributed by atoms with Gasteiger partial charge in [0.2, 0.25) is 0 Å². The smallest absolute Gasteiger partial charge is 0.759 e. The van der Waals surface area contributed by atoms with Crippen LogP contribution in [-0.4, -0.2) is 74.3 Å². The van der Waals surface area contributed by atoms with Crippen molar-refractivity contribution in [1.82, 2.24) is 0 Å². The molecule has 158 valence electrons. The van der Waals surface area contributed by atoms with Crippen molar-refractivity contribution in [2.45, 2.75) is 0 Å². The maximum Gasteiger partial charge on any atom is 2.00 e. The minimum absolute atomic E-state index is 0. The van der Waals surface area contributed by atoms with E-state index >= 15 is 0 Å². The molecular formula is C6H32CdN2O14S2+6. The number of rotatable bonds is 0. The van der Waals surface area contributed by atoms with Gasteiger partial charge in [-0.05, 0) is 0 Å². The van der Waals surface area contributed by atoms with Gasteiger partial charge >= 0.3 is 27.3 Å². The number of hydrogen-bond acceptors (Lipinski definition) is 8. The molecule has 3 fully saturated rings. The van der Waals surface area contributed by atoms with Gasteiger partial charge in [-0.1, -0.05) is 0 Å². The van der Waals surface area contributed by atoms with Crippen molar-refractivity contribution in [2.24, 2.45) is 0 Å². The van der Waals surface area contributed by atoms with Crippen molar-refractivity contribution in [3.8, 4) is 0 Å². The first-order valence-electron chi connectivity index (χ1n) is 4.95. The normalized spacial score (nSPS) is 19.0. The molecule has 3 saturated heterocycles. The standard InChI is InChI=1S/C6H12N2.Cd.2H2O4S.6H2O/c1-2-8-5-3-7(1)4-6-8;;2*1-5(2,3)4;;;;;;/h1-6H2;;2*(H2,1,2,3,4);6*1H2/q;+2;;;;;;;;/p+4. The van der Waals surface area contributed by atoms with Crippen LogP contribution in [0.25, 0.3) is 0 Å². The van der Waals surface area contributed by atoms with Crippen LogP contribution >= 0.6 is 0 Å². The van der Waals surface area contributed by atoms with Crippen molar-refractivity contribution in [3.63, 3.8) is 0 Å². The Labute approximate surface area is 165 Å². The minimum atomic E-state index is -5.17. The maximum atomic E-state index is 8.52. The van der Waals surface area contributed by atoms with Gasteiger partial charge in [-0.15, -0.1) is 0 Å². The molecule has 0 unspecified atom stereocenters. The van der Waals surface area contributed by atoms with Crippen LogP contribution in [0.2, 0.25) is 0 Å². The average molecular weight is 533 g/mol. The van der Waals surface area contributed by atoms with E-state index in [0.717, 1.165) is 0 Å². The Kier molecular flexibility index (Phi) is 44.7. The van der Waals surface area contributed by atoms with E-state index in [1.54, 1.807) is 0 Å². The van der Waals surface area contributed by atoms with Crippen LogP contribution in [0, 0.1) is 0 Å². The Morgan fingerprint density at radius 2 is 0.560 bits per heavy atom. The summed E-state index contributed by atoms with van der Waals surface area (Å²) in [6.45, 7) is 8.64. The molecule has 25 heavy (non-hydrogen) atoms. The van der Waals surface area contributed by atoms with Crippen LogP contribution in [0.5, 0.6) is 0 Å². The Hall–Kier alpha value is 0.342. The third-order valence-electron chi connectivity index (χ3n) is 2.50. The minimum Gasteiger partial charge on any atom is -0.759 e. The zero-order valence-corrected chi connectivity index (χ0v) is 19.2. The van der Waals surface area contributed by atoms with Gasteiger partial charge in [0.15, 0.2) is 0 Å². The van der Waals surface area contributed by atoms with Gasteiger partial charge in [-0.3, -0.25) is 16.8 Å². The third kappa shape index (κ3) is 51.6. The number of hydrogen-bond donors (Lipinski definition) is 2. The summed E-state index contributed by atoms with van der Waals surface area (Å²) in [5.41, 5.74) is 0. The first-order valence-corrected chi connectivity index (χ1v) is 7.62. The fourth-order valence-electron chi connectivity index (χ4n) is 1.81. The monoisotopic (exact) mass is 534 g/mol. The van der Waals surface area contributed by atoms with E-state index in [0.29, 0.717) is 0 Å². The second-order valence-electron chi connectivity index (χ2n) is 3.82. The maximum absolute atomic E-state index is 8.52. The van der Waals surface area contributed by atoms with E-state index in [2.05, 4.69) is 0 Å². The molecule has 20 N–H and O–H groups in total. The Bertz CT molecular complexity index is 367. The van der Waals surface area contributed by atoms with Crippen LogP contribution in [0.3, 0.4) is 0 Å². The van der Waals surface area contributed by atoms with E-state index in [9.17, 15) is 0 Å². The molecule has 16 nitrogen and oxygen atoms in total. The molecule has 0 saturated carbocycles. The van der Waals surface area contributed by atoms with Crippen LogP contribution in [0.1, 0.15) is 0 Å². The topological polar surface area (TPSA) is 367 Å². The molecule has 2 bridgehead atoms. The van der Waals surface area contributed by atoms with Crippen molar-refractivity contribution < 1.29 is 105 Å². The van der Waals surface area contributed by atoms with Crippen molar-refractivity contribution in [3.05, 3.63) is 0 Å².